The quantitative estimate of drug-likeness (QED) is 0.397. The summed E-state index contributed by atoms with van der Waals surface area (Å²) in [5, 5.41) is 1.76. The first-order valence-corrected chi connectivity index (χ1v) is 2.83. The maximum atomic E-state index is 10.6. The van der Waals surface area contributed by atoms with E-state index in [9.17, 15) is 4.79 Å². The highest BCUT2D eigenvalue weighted by molar-refractivity contribution is 5.68. The number of likely N-dealkylation sites (N-methyl/N-ethyl adjacent to an activating group) is 1. The topological polar surface area (TPSA) is 36.9 Å². The van der Waals surface area contributed by atoms with Crippen molar-refractivity contribution in [3.05, 3.63) is 0 Å². The third kappa shape index (κ3) is 1.28. The molecular weight excluding hydrogens is 104 g/mol. The van der Waals surface area contributed by atoms with Gasteiger partial charge in [0.05, 0.1) is 6.54 Å². The Morgan fingerprint density at radius 1 is 1.75 bits per heavy atom. The van der Waals surface area contributed by atoms with Gasteiger partial charge >= 0.3 is 5.91 Å². The van der Waals surface area contributed by atoms with Gasteiger partial charge in [0.1, 0.15) is 6.54 Å². The smallest absolute Gasteiger partial charge is 0.289 e. The second-order valence-electron chi connectivity index (χ2n) is 2.20. The van der Waals surface area contributed by atoms with Crippen molar-refractivity contribution in [3.63, 3.8) is 0 Å². The highest BCUT2D eigenvalue weighted by Gasteiger charge is 2.15. The summed E-state index contributed by atoms with van der Waals surface area (Å²) in [5.74, 6) is 0.263. The van der Waals surface area contributed by atoms with E-state index in [1.807, 2.05) is 11.9 Å². The van der Waals surface area contributed by atoms with E-state index in [-0.39, 0.29) is 5.91 Å². The number of carbonyl (C=O) groups is 1. The fourth-order valence-electron chi connectivity index (χ4n) is 0.856. The fourth-order valence-corrected chi connectivity index (χ4v) is 0.856. The maximum absolute atomic E-state index is 10.6. The number of primary amides is 1. The average Bonchev–Trinajstić information content (AvgIpc) is 1.64. The van der Waals surface area contributed by atoms with Crippen LogP contribution in [0.15, 0.2) is 0 Å². The van der Waals surface area contributed by atoms with Gasteiger partial charge in [-0.2, -0.15) is 0 Å². The van der Waals surface area contributed by atoms with Gasteiger partial charge in [-0.3, -0.25) is 10.2 Å². The van der Waals surface area contributed by atoms with E-state index >= 15 is 0 Å². The molecule has 0 bridgehead atoms. The van der Waals surface area contributed by atoms with Crippen LogP contribution in [0.25, 0.3) is 0 Å². The zero-order chi connectivity index (χ0) is 5.98. The number of hydrogen-bond donors (Lipinski definition) is 1. The van der Waals surface area contributed by atoms with Gasteiger partial charge in [0.25, 0.3) is 0 Å². The van der Waals surface area contributed by atoms with Crippen LogP contribution in [-0.2, 0) is 4.79 Å². The van der Waals surface area contributed by atoms with E-state index in [1.54, 1.807) is 5.32 Å². The molecule has 0 atom stereocenters. The van der Waals surface area contributed by atoms with Gasteiger partial charge in [-0.15, -0.1) is 0 Å². The Kier molecular flexibility index (Phi) is 1.60. The number of quaternary nitrogens is 1. The molecule has 3 nitrogen and oxygen atoms in total. The summed E-state index contributed by atoms with van der Waals surface area (Å²) in [6.45, 7) is 2.57. The molecule has 8 heavy (non-hydrogen) atoms. The lowest BCUT2D eigenvalue weighted by Gasteiger charge is -2.17. The molecule has 1 heterocycles. The average molecular weight is 115 g/mol. The van der Waals surface area contributed by atoms with Crippen LogP contribution in [-0.4, -0.2) is 37.5 Å². The molecular formula is C5H11N2O+. The monoisotopic (exact) mass is 115 g/mol. The molecule has 0 saturated carbocycles. The van der Waals surface area contributed by atoms with Crippen LogP contribution in [0.3, 0.4) is 0 Å². The van der Waals surface area contributed by atoms with Crippen LogP contribution in [0.1, 0.15) is 0 Å². The van der Waals surface area contributed by atoms with Crippen molar-refractivity contribution in [2.75, 3.05) is 26.7 Å². The van der Waals surface area contributed by atoms with Crippen LogP contribution in [0.5, 0.6) is 0 Å². The molecule has 2 N–H and O–H groups in total. The zero-order valence-electron chi connectivity index (χ0n) is 5.05. The molecule has 0 spiro atoms. The van der Waals surface area contributed by atoms with Crippen LogP contribution in [0.4, 0.5) is 0 Å². The van der Waals surface area contributed by atoms with Crippen LogP contribution in [0, 0.1) is 0 Å². The molecule has 46 valence electrons. The molecule has 0 aromatic carbocycles. The van der Waals surface area contributed by atoms with Gasteiger partial charge in [0.2, 0.25) is 0 Å². The van der Waals surface area contributed by atoms with Gasteiger partial charge in [0.15, 0.2) is 0 Å². The fraction of sp³-hybridized carbons (Fsp3) is 0.800. The standard InChI is InChI=1S/C5H10N2O/c1-7-3-2-6-5(8)4-7/h2-4H2,1H3,(H,6,8)/p+1. The minimum absolute atomic E-state index is 0.263. The van der Waals surface area contributed by atoms with E-state index < -0.39 is 0 Å². The first-order chi connectivity index (χ1) is 3.79. The summed E-state index contributed by atoms with van der Waals surface area (Å²) in [6.07, 6.45) is 0. The highest BCUT2D eigenvalue weighted by Crippen LogP contribution is 1.79. The summed E-state index contributed by atoms with van der Waals surface area (Å²) in [4.78, 5) is 12.6. The number of rotatable bonds is 0. The Labute approximate surface area is 48.7 Å². The molecule has 1 aliphatic rings. The van der Waals surface area contributed by atoms with Crippen molar-refractivity contribution in [1.82, 2.24) is 4.90 Å². The van der Waals surface area contributed by atoms with Crippen LogP contribution >= 0.6 is 0 Å². The molecule has 1 aliphatic heterocycles. The van der Waals surface area contributed by atoms with E-state index in [0.717, 1.165) is 13.1 Å². The molecule has 3 heteroatoms. The molecule has 0 aromatic rings. The molecule has 1 fully saturated rings. The third-order valence-corrected chi connectivity index (χ3v) is 1.31. The summed E-state index contributed by atoms with van der Waals surface area (Å²) in [6, 6.07) is 0. The lowest BCUT2D eigenvalue weighted by atomic mass is 10.4. The van der Waals surface area contributed by atoms with E-state index in [4.69, 9.17) is 0 Å². The Bertz CT molecular complexity index is 103. The lowest BCUT2D eigenvalue weighted by Crippen LogP contribution is -2.93. The van der Waals surface area contributed by atoms with Crippen molar-refractivity contribution in [2.45, 2.75) is 0 Å². The summed E-state index contributed by atoms with van der Waals surface area (Å²) < 4.78 is 0. The number of hydrogen-bond acceptors (Lipinski definition) is 2. The number of carbonyl (C=O) groups excluding carboxylic acids is 1. The Balaban J connectivity index is 2.34. The van der Waals surface area contributed by atoms with Crippen molar-refractivity contribution >= 4 is 5.91 Å². The number of piperazine rings is 1. The number of nitrogens with two attached hydrogens (primary N) is 1. The van der Waals surface area contributed by atoms with Crippen molar-refractivity contribution in [2.24, 2.45) is 0 Å². The molecule has 0 unspecified atom stereocenters. The van der Waals surface area contributed by atoms with Crippen molar-refractivity contribution in [3.8, 4) is 0 Å². The molecule has 0 aromatic heterocycles. The molecule has 0 aliphatic carbocycles. The minimum Gasteiger partial charge on any atom is -0.289 e. The Morgan fingerprint density at radius 3 is 2.88 bits per heavy atom. The zero-order valence-corrected chi connectivity index (χ0v) is 5.05. The third-order valence-electron chi connectivity index (χ3n) is 1.31. The Morgan fingerprint density at radius 2 is 2.50 bits per heavy atom. The number of amides is 1. The summed E-state index contributed by atoms with van der Waals surface area (Å²) in [5.41, 5.74) is 0. The lowest BCUT2D eigenvalue weighted by molar-refractivity contribution is -0.575. The maximum Gasteiger partial charge on any atom is 0.324 e. The predicted molar refractivity (Wildman–Crippen MR) is 29.3 cm³/mol. The van der Waals surface area contributed by atoms with E-state index in [1.165, 1.54) is 0 Å². The van der Waals surface area contributed by atoms with Gasteiger partial charge in [0, 0.05) is 6.54 Å². The second-order valence-corrected chi connectivity index (χ2v) is 2.20. The largest absolute Gasteiger partial charge is 0.324 e. The van der Waals surface area contributed by atoms with Crippen molar-refractivity contribution in [1.29, 1.82) is 0 Å². The van der Waals surface area contributed by atoms with Gasteiger partial charge in [-0.25, -0.2) is 4.79 Å². The van der Waals surface area contributed by atoms with Gasteiger partial charge in [-0.05, 0) is 7.05 Å². The SMILES string of the molecule is CN1CC[NH2+]C(=O)C1. The van der Waals surface area contributed by atoms with Gasteiger partial charge in [-0.1, -0.05) is 0 Å². The van der Waals surface area contributed by atoms with Crippen molar-refractivity contribution < 1.29 is 10.1 Å². The minimum atomic E-state index is 0.263. The summed E-state index contributed by atoms with van der Waals surface area (Å²) >= 11 is 0. The summed E-state index contributed by atoms with van der Waals surface area (Å²) in [7, 11) is 1.96. The van der Waals surface area contributed by atoms with E-state index in [2.05, 4.69) is 0 Å². The first kappa shape index (κ1) is 5.72. The molecule has 1 saturated heterocycles. The second kappa shape index (κ2) is 2.24. The highest BCUT2D eigenvalue weighted by atomic mass is 16.2. The van der Waals surface area contributed by atoms with Gasteiger partial charge < -0.3 is 0 Å². The van der Waals surface area contributed by atoms with Crippen LogP contribution in [0.2, 0.25) is 0 Å². The first-order valence-electron chi connectivity index (χ1n) is 2.83. The molecule has 1 rings (SSSR count). The number of nitrogens with zero attached hydrogens (tertiary/aromatic N) is 1. The normalized spacial score (nSPS) is 23.9. The Hall–Kier alpha value is -0.410. The predicted octanol–water partition coefficient (Wildman–Crippen LogP) is -1.98. The molecule has 0 radical (unpaired) electrons. The van der Waals surface area contributed by atoms with Crippen LogP contribution < -0.4 is 5.32 Å². The molecule has 1 amide bonds. The van der Waals surface area contributed by atoms with E-state index in [0.29, 0.717) is 6.54 Å².